The first-order valence-electron chi connectivity index (χ1n) is 7.76. The van der Waals surface area contributed by atoms with Crippen LogP contribution in [0, 0.1) is 18.3 Å². The molecule has 2 heterocycles. The molecule has 0 saturated heterocycles. The molecule has 0 radical (unpaired) electrons. The van der Waals surface area contributed by atoms with Gasteiger partial charge in [0.25, 0.3) is 0 Å². The Balaban J connectivity index is 2.20. The number of benzene rings is 1. The highest BCUT2D eigenvalue weighted by molar-refractivity contribution is 5.69. The molecule has 3 rings (SSSR count). The number of aryl methyl sites for hydroxylation is 1. The third-order valence-corrected chi connectivity index (χ3v) is 3.92. The topological polar surface area (TPSA) is 50.3 Å². The van der Waals surface area contributed by atoms with E-state index >= 15 is 0 Å². The van der Waals surface area contributed by atoms with Crippen molar-refractivity contribution >= 4 is 5.65 Å². The molecule has 3 aromatic rings. The molecule has 0 fully saturated rings. The van der Waals surface area contributed by atoms with Crippen molar-refractivity contribution in [3.05, 3.63) is 53.9 Å². The molecule has 0 N–H and O–H groups in total. The van der Waals surface area contributed by atoms with Crippen molar-refractivity contribution in [3.63, 3.8) is 0 Å². The number of hydrogen-bond donors (Lipinski definition) is 0. The molecule has 0 aliphatic heterocycles. The summed E-state index contributed by atoms with van der Waals surface area (Å²) < 4.78 is 7.52. The molecule has 0 amide bonds. The van der Waals surface area contributed by atoms with Crippen LogP contribution in [-0.4, -0.2) is 16.0 Å². The molecular formula is C19H19N3O. The fraction of sp³-hybridized carbons (Fsp3) is 0.263. The Labute approximate surface area is 136 Å². The maximum Gasteiger partial charge on any atom is 0.140 e. The number of aromatic nitrogens is 2. The summed E-state index contributed by atoms with van der Waals surface area (Å²) in [6.07, 6.45) is 1.97. The molecule has 116 valence electrons. The summed E-state index contributed by atoms with van der Waals surface area (Å²) in [5, 5.41) is 9.41. The van der Waals surface area contributed by atoms with E-state index in [1.165, 1.54) is 0 Å². The maximum absolute atomic E-state index is 9.41. The van der Waals surface area contributed by atoms with Crippen LogP contribution in [-0.2, 0) is 0 Å². The molecule has 4 heteroatoms. The van der Waals surface area contributed by atoms with Gasteiger partial charge in [-0.3, -0.25) is 0 Å². The number of rotatable bonds is 4. The summed E-state index contributed by atoms with van der Waals surface area (Å²) in [4.78, 5) is 4.80. The van der Waals surface area contributed by atoms with E-state index < -0.39 is 0 Å². The summed E-state index contributed by atoms with van der Waals surface area (Å²) in [6, 6.07) is 14.2. The Kier molecular flexibility index (Phi) is 4.03. The first-order chi connectivity index (χ1) is 11.2. The fourth-order valence-corrected chi connectivity index (χ4v) is 2.79. The van der Waals surface area contributed by atoms with Gasteiger partial charge in [-0.2, -0.15) is 5.26 Å². The van der Waals surface area contributed by atoms with Gasteiger partial charge >= 0.3 is 0 Å². The van der Waals surface area contributed by atoms with Gasteiger partial charge in [0.15, 0.2) is 0 Å². The molecule has 0 aliphatic rings. The lowest BCUT2D eigenvalue weighted by atomic mass is 10.0. The van der Waals surface area contributed by atoms with Crippen LogP contribution in [0.4, 0.5) is 0 Å². The predicted molar refractivity (Wildman–Crippen MR) is 90.6 cm³/mol. The van der Waals surface area contributed by atoms with E-state index in [4.69, 9.17) is 9.72 Å². The predicted octanol–water partition coefficient (Wildman–Crippen LogP) is 4.34. The second kappa shape index (κ2) is 6.13. The van der Waals surface area contributed by atoms with Gasteiger partial charge in [0, 0.05) is 11.8 Å². The van der Waals surface area contributed by atoms with Crippen LogP contribution in [0.5, 0.6) is 5.75 Å². The molecule has 0 bridgehead atoms. The van der Waals surface area contributed by atoms with E-state index in [1.54, 1.807) is 0 Å². The van der Waals surface area contributed by atoms with E-state index in [-0.39, 0.29) is 5.92 Å². The molecule has 4 nitrogen and oxygen atoms in total. The van der Waals surface area contributed by atoms with Crippen molar-refractivity contribution in [2.45, 2.75) is 26.7 Å². The first-order valence-corrected chi connectivity index (χ1v) is 7.76. The van der Waals surface area contributed by atoms with Crippen LogP contribution >= 0.6 is 0 Å². The summed E-state index contributed by atoms with van der Waals surface area (Å²) in [5.74, 6) is 0.597. The third kappa shape index (κ3) is 2.66. The van der Waals surface area contributed by atoms with Gasteiger partial charge in [-0.25, -0.2) is 4.98 Å². The van der Waals surface area contributed by atoms with Gasteiger partial charge in [0.1, 0.15) is 11.4 Å². The van der Waals surface area contributed by atoms with Crippen molar-refractivity contribution in [1.29, 1.82) is 5.26 Å². The lowest BCUT2D eigenvalue weighted by Gasteiger charge is -2.08. The van der Waals surface area contributed by atoms with Gasteiger partial charge in [0.05, 0.1) is 30.0 Å². The van der Waals surface area contributed by atoms with E-state index in [0.29, 0.717) is 6.61 Å². The van der Waals surface area contributed by atoms with E-state index in [9.17, 15) is 5.26 Å². The molecule has 1 unspecified atom stereocenters. The van der Waals surface area contributed by atoms with Crippen LogP contribution in [0.3, 0.4) is 0 Å². The minimum absolute atomic E-state index is 0.242. The number of ether oxygens (including phenoxy) is 1. The second-order valence-corrected chi connectivity index (χ2v) is 5.54. The van der Waals surface area contributed by atoms with Crippen molar-refractivity contribution in [2.24, 2.45) is 0 Å². The molecule has 1 aromatic carbocycles. The van der Waals surface area contributed by atoms with Crippen LogP contribution in [0.1, 0.15) is 31.0 Å². The Morgan fingerprint density at radius 3 is 2.65 bits per heavy atom. The number of imidazole rings is 1. The minimum atomic E-state index is -0.242. The highest BCUT2D eigenvalue weighted by atomic mass is 16.5. The summed E-state index contributed by atoms with van der Waals surface area (Å²) in [5.41, 5.74) is 4.77. The Morgan fingerprint density at radius 2 is 2.00 bits per heavy atom. The summed E-state index contributed by atoms with van der Waals surface area (Å²) >= 11 is 0. The van der Waals surface area contributed by atoms with E-state index in [0.717, 1.165) is 33.9 Å². The quantitative estimate of drug-likeness (QED) is 0.720. The number of fused-ring (bicyclic) bond motifs is 1. The highest BCUT2D eigenvalue weighted by Crippen LogP contribution is 2.31. The fourth-order valence-electron chi connectivity index (χ4n) is 2.79. The third-order valence-electron chi connectivity index (χ3n) is 3.92. The first kappa shape index (κ1) is 15.1. The Bertz CT molecular complexity index is 872. The minimum Gasteiger partial charge on any atom is -0.494 e. The van der Waals surface area contributed by atoms with E-state index in [1.807, 2.05) is 67.8 Å². The highest BCUT2D eigenvalue weighted by Gasteiger charge is 2.20. The van der Waals surface area contributed by atoms with Crippen LogP contribution in [0.25, 0.3) is 16.9 Å². The van der Waals surface area contributed by atoms with Crippen molar-refractivity contribution in [3.8, 4) is 23.1 Å². The van der Waals surface area contributed by atoms with Gasteiger partial charge in [0.2, 0.25) is 0 Å². The molecule has 23 heavy (non-hydrogen) atoms. The van der Waals surface area contributed by atoms with Gasteiger partial charge in [-0.15, -0.1) is 0 Å². The van der Waals surface area contributed by atoms with Crippen molar-refractivity contribution in [2.75, 3.05) is 6.61 Å². The summed E-state index contributed by atoms with van der Waals surface area (Å²) in [6.45, 7) is 6.55. The van der Waals surface area contributed by atoms with Crippen LogP contribution in [0.15, 0.2) is 42.6 Å². The Hall–Kier alpha value is -2.80. The number of nitriles is 1. The van der Waals surface area contributed by atoms with E-state index in [2.05, 4.69) is 6.07 Å². The second-order valence-electron chi connectivity index (χ2n) is 5.54. The maximum atomic E-state index is 9.41. The molecule has 0 aliphatic carbocycles. The molecular weight excluding hydrogens is 286 g/mol. The lowest BCUT2D eigenvalue weighted by Crippen LogP contribution is -1.99. The number of hydrogen-bond acceptors (Lipinski definition) is 3. The van der Waals surface area contributed by atoms with Gasteiger partial charge in [-0.05, 0) is 56.7 Å². The van der Waals surface area contributed by atoms with Crippen LogP contribution in [0.2, 0.25) is 0 Å². The zero-order valence-corrected chi connectivity index (χ0v) is 13.6. The van der Waals surface area contributed by atoms with Gasteiger partial charge in [-0.1, -0.05) is 6.07 Å². The Morgan fingerprint density at radius 1 is 1.26 bits per heavy atom. The molecule has 0 saturated carbocycles. The average molecular weight is 305 g/mol. The smallest absolute Gasteiger partial charge is 0.140 e. The summed E-state index contributed by atoms with van der Waals surface area (Å²) in [7, 11) is 0. The SMILES string of the molecule is CCOc1ccc(-c2nc3c(C)cccn3c2C(C)C#N)cc1. The zero-order valence-electron chi connectivity index (χ0n) is 13.6. The standard InChI is InChI=1S/C19H19N3O/c1-4-23-16-9-7-15(8-10-16)17-18(14(3)12-20)22-11-5-6-13(2)19(22)21-17/h5-11,14H,4H2,1-3H3. The van der Waals surface area contributed by atoms with Crippen LogP contribution < -0.4 is 4.74 Å². The largest absolute Gasteiger partial charge is 0.494 e. The lowest BCUT2D eigenvalue weighted by molar-refractivity contribution is 0.340. The molecule has 2 aromatic heterocycles. The number of nitrogens with zero attached hydrogens (tertiary/aromatic N) is 3. The molecule has 0 spiro atoms. The van der Waals surface area contributed by atoms with Crippen molar-refractivity contribution in [1.82, 2.24) is 9.38 Å². The number of pyridine rings is 1. The zero-order chi connectivity index (χ0) is 16.4. The normalized spacial score (nSPS) is 12.1. The van der Waals surface area contributed by atoms with Gasteiger partial charge < -0.3 is 9.14 Å². The van der Waals surface area contributed by atoms with Crippen molar-refractivity contribution < 1.29 is 4.74 Å². The monoisotopic (exact) mass is 305 g/mol. The average Bonchev–Trinajstić information content (AvgIpc) is 2.96. The molecule has 1 atom stereocenters.